The quantitative estimate of drug-likeness (QED) is 0.390. The number of ether oxygens (including phenoxy) is 1. The van der Waals surface area contributed by atoms with Crippen LogP contribution in [-0.2, 0) is 6.61 Å². The highest BCUT2D eigenvalue weighted by Gasteiger charge is 2.07. The summed E-state index contributed by atoms with van der Waals surface area (Å²) in [5.74, 6) is 0.977. The van der Waals surface area contributed by atoms with Gasteiger partial charge in [0.25, 0.3) is 0 Å². The van der Waals surface area contributed by atoms with Gasteiger partial charge in [0.1, 0.15) is 12.4 Å². The number of allylic oxidation sites excluding steroid dienone is 1. The molecule has 0 bridgehead atoms. The minimum atomic E-state index is -0.157. The van der Waals surface area contributed by atoms with Crippen molar-refractivity contribution in [3.8, 4) is 5.75 Å². The highest BCUT2D eigenvalue weighted by molar-refractivity contribution is 6.05. The van der Waals surface area contributed by atoms with E-state index < -0.39 is 0 Å². The lowest BCUT2D eigenvalue weighted by Crippen LogP contribution is -1.96. The van der Waals surface area contributed by atoms with Gasteiger partial charge < -0.3 is 9.72 Å². The number of nitrogens with zero attached hydrogens (tertiary/aromatic N) is 1. The maximum Gasteiger partial charge on any atom is 0.221 e. The minimum Gasteiger partial charge on any atom is -0.489 e. The molecule has 4 heteroatoms. The van der Waals surface area contributed by atoms with Gasteiger partial charge in [0.15, 0.2) is 5.82 Å². The molecule has 0 spiro atoms. The number of carbonyl (C=O) groups is 1. The van der Waals surface area contributed by atoms with Crippen LogP contribution in [0.5, 0.6) is 5.75 Å². The molecule has 1 aromatic heterocycles. The molecule has 0 saturated carbocycles. The zero-order valence-corrected chi connectivity index (χ0v) is 14.6. The Morgan fingerprint density at radius 2 is 1.67 bits per heavy atom. The molecule has 132 valence electrons. The van der Waals surface area contributed by atoms with Crippen molar-refractivity contribution in [2.24, 2.45) is 0 Å². The molecule has 0 radical (unpaired) electrons. The summed E-state index contributed by atoms with van der Waals surface area (Å²) < 4.78 is 5.77. The van der Waals surface area contributed by atoms with Crippen molar-refractivity contribution < 1.29 is 9.53 Å². The largest absolute Gasteiger partial charge is 0.489 e. The Hall–Kier alpha value is -3.66. The number of fused-ring (bicyclic) bond motifs is 1. The number of hydrogen-bond donors (Lipinski definition) is 1. The van der Waals surface area contributed by atoms with Gasteiger partial charge in [-0.15, -0.1) is 0 Å². The monoisotopic (exact) mass is 354 g/mol. The number of imidazole rings is 1. The van der Waals surface area contributed by atoms with Crippen LogP contribution in [0.2, 0.25) is 0 Å². The summed E-state index contributed by atoms with van der Waals surface area (Å²) in [5.41, 5.74) is 3.69. The van der Waals surface area contributed by atoms with Crippen LogP contribution in [0.4, 0.5) is 0 Å². The molecular formula is C23H18N2O2. The van der Waals surface area contributed by atoms with E-state index >= 15 is 0 Å². The molecular weight excluding hydrogens is 336 g/mol. The number of carbonyl (C=O) groups excluding carboxylic acids is 1. The predicted octanol–water partition coefficient (Wildman–Crippen LogP) is 5.04. The van der Waals surface area contributed by atoms with E-state index in [4.69, 9.17) is 4.74 Å². The number of rotatable bonds is 6. The lowest BCUT2D eigenvalue weighted by atomic mass is 10.2. The highest BCUT2D eigenvalue weighted by Crippen LogP contribution is 2.16. The lowest BCUT2D eigenvalue weighted by Gasteiger charge is -2.06. The Kier molecular flexibility index (Phi) is 4.79. The van der Waals surface area contributed by atoms with Gasteiger partial charge >= 0.3 is 0 Å². The molecule has 0 fully saturated rings. The summed E-state index contributed by atoms with van der Waals surface area (Å²) in [6.07, 6.45) is 3.30. The molecule has 3 aromatic carbocycles. The number of H-pyrrole nitrogens is 1. The van der Waals surface area contributed by atoms with Crippen LogP contribution in [0.15, 0.2) is 84.9 Å². The van der Waals surface area contributed by atoms with Gasteiger partial charge in [-0.1, -0.05) is 60.7 Å². The van der Waals surface area contributed by atoms with Gasteiger partial charge in [-0.2, -0.15) is 0 Å². The molecule has 4 rings (SSSR count). The Morgan fingerprint density at radius 3 is 2.44 bits per heavy atom. The third-order valence-corrected chi connectivity index (χ3v) is 4.18. The van der Waals surface area contributed by atoms with Crippen molar-refractivity contribution in [2.45, 2.75) is 6.61 Å². The Morgan fingerprint density at radius 1 is 0.926 bits per heavy atom. The summed E-state index contributed by atoms with van der Waals surface area (Å²) in [7, 11) is 0. The number of para-hydroxylation sites is 2. The van der Waals surface area contributed by atoms with Gasteiger partial charge in [0.05, 0.1) is 11.0 Å². The Balaban J connectivity index is 1.39. The average Bonchev–Trinajstić information content (AvgIpc) is 3.16. The van der Waals surface area contributed by atoms with E-state index in [2.05, 4.69) is 9.97 Å². The molecule has 0 unspecified atom stereocenters. The van der Waals surface area contributed by atoms with Gasteiger partial charge in [0, 0.05) is 0 Å². The number of benzene rings is 3. The van der Waals surface area contributed by atoms with Crippen molar-refractivity contribution in [1.82, 2.24) is 9.97 Å². The van der Waals surface area contributed by atoms with Crippen LogP contribution in [-0.4, -0.2) is 15.8 Å². The van der Waals surface area contributed by atoms with E-state index in [-0.39, 0.29) is 5.78 Å². The second-order valence-corrected chi connectivity index (χ2v) is 6.14. The number of aromatic nitrogens is 2. The van der Waals surface area contributed by atoms with Crippen molar-refractivity contribution in [2.75, 3.05) is 0 Å². The van der Waals surface area contributed by atoms with E-state index in [1.165, 1.54) is 6.08 Å². The van der Waals surface area contributed by atoms with Crippen molar-refractivity contribution in [1.29, 1.82) is 0 Å². The second-order valence-electron chi connectivity index (χ2n) is 6.14. The third kappa shape index (κ3) is 4.12. The SMILES string of the molecule is O=C(/C=C/c1ccc(OCc2ccccc2)cc1)c1nc2ccccc2[nH]1. The molecule has 27 heavy (non-hydrogen) atoms. The van der Waals surface area contributed by atoms with Gasteiger partial charge in [0.2, 0.25) is 5.78 Å². The smallest absolute Gasteiger partial charge is 0.221 e. The predicted molar refractivity (Wildman–Crippen MR) is 107 cm³/mol. The Labute approximate surface area is 157 Å². The molecule has 0 aliphatic heterocycles. The summed E-state index contributed by atoms with van der Waals surface area (Å²) in [4.78, 5) is 19.7. The van der Waals surface area contributed by atoms with Crippen molar-refractivity contribution in [3.05, 3.63) is 102 Å². The molecule has 0 aliphatic carbocycles. The van der Waals surface area contributed by atoms with E-state index in [1.807, 2.05) is 78.9 Å². The number of nitrogens with one attached hydrogen (secondary N) is 1. The second kappa shape index (κ2) is 7.70. The fourth-order valence-corrected chi connectivity index (χ4v) is 2.74. The zero-order chi connectivity index (χ0) is 18.5. The first kappa shape index (κ1) is 16.8. The number of hydrogen-bond acceptors (Lipinski definition) is 3. The van der Waals surface area contributed by atoms with Crippen LogP contribution in [0.25, 0.3) is 17.1 Å². The zero-order valence-electron chi connectivity index (χ0n) is 14.6. The summed E-state index contributed by atoms with van der Waals surface area (Å²) in [6, 6.07) is 25.2. The molecule has 4 nitrogen and oxygen atoms in total. The average molecular weight is 354 g/mol. The molecule has 0 amide bonds. The van der Waals surface area contributed by atoms with Crippen molar-refractivity contribution in [3.63, 3.8) is 0 Å². The topological polar surface area (TPSA) is 55.0 Å². The van der Waals surface area contributed by atoms with E-state index in [1.54, 1.807) is 6.08 Å². The lowest BCUT2D eigenvalue weighted by molar-refractivity contribution is 0.103. The van der Waals surface area contributed by atoms with Crippen LogP contribution in [0.3, 0.4) is 0 Å². The number of aromatic amines is 1. The molecule has 1 N–H and O–H groups in total. The minimum absolute atomic E-state index is 0.157. The van der Waals surface area contributed by atoms with Gasteiger partial charge in [-0.25, -0.2) is 4.98 Å². The van der Waals surface area contributed by atoms with E-state index in [9.17, 15) is 4.79 Å². The molecule has 1 heterocycles. The standard InChI is InChI=1S/C23H18N2O2/c26-22(23-24-20-8-4-5-9-21(20)25-23)15-12-17-10-13-19(14-11-17)27-16-18-6-2-1-3-7-18/h1-15H,16H2,(H,24,25)/b15-12+. The summed E-state index contributed by atoms with van der Waals surface area (Å²) in [5, 5.41) is 0. The molecule has 4 aromatic rings. The van der Waals surface area contributed by atoms with Crippen LogP contribution >= 0.6 is 0 Å². The highest BCUT2D eigenvalue weighted by atomic mass is 16.5. The van der Waals surface area contributed by atoms with Gasteiger partial charge in [-0.05, 0) is 41.5 Å². The molecule has 0 saturated heterocycles. The van der Waals surface area contributed by atoms with Gasteiger partial charge in [-0.3, -0.25) is 4.79 Å². The maximum absolute atomic E-state index is 12.3. The molecule has 0 aliphatic rings. The van der Waals surface area contributed by atoms with Crippen LogP contribution in [0.1, 0.15) is 21.7 Å². The van der Waals surface area contributed by atoms with E-state index in [0.29, 0.717) is 12.4 Å². The summed E-state index contributed by atoms with van der Waals surface area (Å²) in [6.45, 7) is 0.528. The van der Waals surface area contributed by atoms with Crippen molar-refractivity contribution >= 4 is 22.9 Å². The molecule has 0 atom stereocenters. The normalized spacial score (nSPS) is 11.1. The number of ketones is 1. The first-order chi connectivity index (χ1) is 13.3. The van der Waals surface area contributed by atoms with Crippen LogP contribution in [0, 0.1) is 0 Å². The maximum atomic E-state index is 12.3. The first-order valence-corrected chi connectivity index (χ1v) is 8.72. The van der Waals surface area contributed by atoms with Crippen LogP contribution < -0.4 is 4.74 Å². The van der Waals surface area contributed by atoms with E-state index in [0.717, 1.165) is 27.9 Å². The fourth-order valence-electron chi connectivity index (χ4n) is 2.74. The third-order valence-electron chi connectivity index (χ3n) is 4.18. The summed E-state index contributed by atoms with van der Waals surface area (Å²) >= 11 is 0. The Bertz CT molecular complexity index is 1050. The first-order valence-electron chi connectivity index (χ1n) is 8.72. The fraction of sp³-hybridized carbons (Fsp3) is 0.0435.